The first kappa shape index (κ1) is 20.7. The zero-order valence-corrected chi connectivity index (χ0v) is 17.2. The first-order chi connectivity index (χ1) is 12.4. The molecule has 2 rings (SSSR count). The lowest BCUT2D eigenvalue weighted by atomic mass is 10.0. The highest BCUT2D eigenvalue weighted by Crippen LogP contribution is 2.18. The van der Waals surface area contributed by atoms with E-state index in [0.717, 1.165) is 16.5 Å². The molecule has 0 aliphatic heterocycles. The Morgan fingerprint density at radius 2 is 1.74 bits per heavy atom. The molecule has 2 aromatic rings. The molecule has 0 bridgehead atoms. The molecule has 0 aliphatic carbocycles. The standard InChI is InChI=1S/C21H29N3O3/c1-13-8-9-15-11-16(14(2)23-17(15)10-13)18(25)24-21(6,7)12-22-19(26)27-20(3,4)5/h8-11H,12H2,1-7H3,(H,22,26)(H,24,25). The number of aromatic nitrogens is 1. The number of alkyl carbamates (subject to hydrolysis) is 1. The number of pyridine rings is 1. The second-order valence-electron chi connectivity index (χ2n) is 8.51. The van der Waals surface area contributed by atoms with Crippen molar-refractivity contribution in [3.8, 4) is 0 Å². The van der Waals surface area contributed by atoms with Crippen LogP contribution in [0.3, 0.4) is 0 Å². The van der Waals surface area contributed by atoms with Gasteiger partial charge >= 0.3 is 6.09 Å². The van der Waals surface area contributed by atoms with E-state index in [1.165, 1.54) is 0 Å². The Labute approximate surface area is 160 Å². The van der Waals surface area contributed by atoms with E-state index in [1.54, 1.807) is 20.8 Å². The van der Waals surface area contributed by atoms with Crippen molar-refractivity contribution < 1.29 is 14.3 Å². The van der Waals surface area contributed by atoms with E-state index in [4.69, 9.17) is 4.74 Å². The van der Waals surface area contributed by atoms with Gasteiger partial charge in [0.25, 0.3) is 5.91 Å². The van der Waals surface area contributed by atoms with Gasteiger partial charge in [-0.25, -0.2) is 4.79 Å². The quantitative estimate of drug-likeness (QED) is 0.854. The van der Waals surface area contributed by atoms with Crippen LogP contribution < -0.4 is 10.6 Å². The Bertz CT molecular complexity index is 867. The van der Waals surface area contributed by atoms with Crippen molar-refractivity contribution in [1.29, 1.82) is 0 Å². The Balaban J connectivity index is 2.09. The van der Waals surface area contributed by atoms with E-state index in [1.807, 2.05) is 52.0 Å². The summed E-state index contributed by atoms with van der Waals surface area (Å²) in [6, 6.07) is 7.81. The van der Waals surface area contributed by atoms with Crippen LogP contribution in [0.25, 0.3) is 10.9 Å². The number of nitrogens with zero attached hydrogens (tertiary/aromatic N) is 1. The van der Waals surface area contributed by atoms with Crippen molar-refractivity contribution >= 4 is 22.9 Å². The Morgan fingerprint density at radius 1 is 1.07 bits per heavy atom. The van der Waals surface area contributed by atoms with Gasteiger partial charge in [0, 0.05) is 11.9 Å². The van der Waals surface area contributed by atoms with Crippen molar-refractivity contribution in [2.24, 2.45) is 0 Å². The molecule has 1 heterocycles. The largest absolute Gasteiger partial charge is 0.444 e. The molecule has 146 valence electrons. The summed E-state index contributed by atoms with van der Waals surface area (Å²) in [6.07, 6.45) is -0.510. The Hall–Kier alpha value is -2.63. The van der Waals surface area contributed by atoms with Crippen LogP contribution in [0.15, 0.2) is 24.3 Å². The molecule has 1 aromatic heterocycles. The first-order valence-electron chi connectivity index (χ1n) is 9.04. The van der Waals surface area contributed by atoms with Gasteiger partial charge in [0.2, 0.25) is 0 Å². The number of nitrogens with one attached hydrogen (secondary N) is 2. The number of aryl methyl sites for hydroxylation is 2. The lowest BCUT2D eigenvalue weighted by Gasteiger charge is -2.28. The summed E-state index contributed by atoms with van der Waals surface area (Å²) < 4.78 is 5.23. The summed E-state index contributed by atoms with van der Waals surface area (Å²) in [6.45, 7) is 13.2. The maximum atomic E-state index is 12.8. The molecule has 6 heteroatoms. The second kappa shape index (κ2) is 7.55. The molecule has 6 nitrogen and oxygen atoms in total. The smallest absolute Gasteiger partial charge is 0.407 e. The van der Waals surface area contributed by atoms with Crippen LogP contribution in [-0.2, 0) is 4.74 Å². The Morgan fingerprint density at radius 3 is 2.37 bits per heavy atom. The summed E-state index contributed by atoms with van der Waals surface area (Å²) in [5, 5.41) is 6.57. The summed E-state index contributed by atoms with van der Waals surface area (Å²) in [7, 11) is 0. The molecule has 0 unspecified atom stereocenters. The number of carbonyl (C=O) groups is 2. The summed E-state index contributed by atoms with van der Waals surface area (Å²) in [4.78, 5) is 29.2. The van der Waals surface area contributed by atoms with Gasteiger partial charge in [-0.3, -0.25) is 9.78 Å². The van der Waals surface area contributed by atoms with Crippen LogP contribution >= 0.6 is 0 Å². The fourth-order valence-corrected chi connectivity index (χ4v) is 2.63. The number of rotatable bonds is 4. The van der Waals surface area contributed by atoms with E-state index in [-0.39, 0.29) is 12.5 Å². The summed E-state index contributed by atoms with van der Waals surface area (Å²) in [5.41, 5.74) is 1.97. The first-order valence-corrected chi connectivity index (χ1v) is 9.04. The number of ether oxygens (including phenoxy) is 1. The van der Waals surface area contributed by atoms with Gasteiger partial charge in [-0.2, -0.15) is 0 Å². The van der Waals surface area contributed by atoms with Crippen molar-refractivity contribution in [2.75, 3.05) is 6.54 Å². The van der Waals surface area contributed by atoms with Gasteiger partial charge in [0.05, 0.1) is 22.3 Å². The third kappa shape index (κ3) is 5.94. The normalized spacial score (nSPS) is 12.0. The zero-order valence-electron chi connectivity index (χ0n) is 17.2. The molecule has 1 aromatic carbocycles. The summed E-state index contributed by atoms with van der Waals surface area (Å²) >= 11 is 0. The van der Waals surface area contributed by atoms with Crippen molar-refractivity contribution in [3.05, 3.63) is 41.1 Å². The van der Waals surface area contributed by atoms with Gasteiger partial charge in [-0.15, -0.1) is 0 Å². The third-order valence-electron chi connectivity index (χ3n) is 3.93. The molecule has 2 amide bonds. The van der Waals surface area contributed by atoms with Crippen LogP contribution in [0, 0.1) is 13.8 Å². The number of hydrogen-bond acceptors (Lipinski definition) is 4. The molecule has 0 fully saturated rings. The fraction of sp³-hybridized carbons (Fsp3) is 0.476. The van der Waals surface area contributed by atoms with E-state index < -0.39 is 17.2 Å². The fourth-order valence-electron chi connectivity index (χ4n) is 2.63. The van der Waals surface area contributed by atoms with E-state index in [0.29, 0.717) is 11.3 Å². The van der Waals surface area contributed by atoms with Crippen LogP contribution in [0.4, 0.5) is 4.79 Å². The van der Waals surface area contributed by atoms with Gasteiger partial charge in [-0.05, 0) is 66.2 Å². The SMILES string of the molecule is Cc1ccc2cc(C(=O)NC(C)(C)CNC(=O)OC(C)(C)C)c(C)nc2c1. The molecule has 0 saturated heterocycles. The van der Waals surface area contributed by atoms with Crippen molar-refractivity contribution in [1.82, 2.24) is 15.6 Å². The minimum absolute atomic E-state index is 0.224. The van der Waals surface area contributed by atoms with Gasteiger partial charge < -0.3 is 15.4 Å². The molecule has 0 spiro atoms. The zero-order chi connectivity index (χ0) is 20.4. The van der Waals surface area contributed by atoms with Crippen molar-refractivity contribution in [3.63, 3.8) is 0 Å². The van der Waals surface area contributed by atoms with E-state index in [9.17, 15) is 9.59 Å². The van der Waals surface area contributed by atoms with Crippen LogP contribution in [0.2, 0.25) is 0 Å². The average molecular weight is 371 g/mol. The number of amides is 2. The predicted molar refractivity (Wildman–Crippen MR) is 107 cm³/mol. The lowest BCUT2D eigenvalue weighted by molar-refractivity contribution is 0.0509. The van der Waals surface area contributed by atoms with Gasteiger partial charge in [0.15, 0.2) is 0 Å². The van der Waals surface area contributed by atoms with Crippen molar-refractivity contribution in [2.45, 2.75) is 59.6 Å². The van der Waals surface area contributed by atoms with Gasteiger partial charge in [-0.1, -0.05) is 12.1 Å². The predicted octanol–water partition coefficient (Wildman–Crippen LogP) is 3.88. The second-order valence-corrected chi connectivity index (χ2v) is 8.51. The van der Waals surface area contributed by atoms with Crippen LogP contribution in [-0.4, -0.2) is 34.7 Å². The topological polar surface area (TPSA) is 80.3 Å². The average Bonchev–Trinajstić information content (AvgIpc) is 2.50. The monoisotopic (exact) mass is 371 g/mol. The Kier molecular flexibility index (Phi) is 5.78. The highest BCUT2D eigenvalue weighted by Gasteiger charge is 2.25. The highest BCUT2D eigenvalue weighted by molar-refractivity contribution is 5.99. The van der Waals surface area contributed by atoms with Crippen LogP contribution in [0.5, 0.6) is 0 Å². The third-order valence-corrected chi connectivity index (χ3v) is 3.93. The molecular weight excluding hydrogens is 342 g/mol. The lowest BCUT2D eigenvalue weighted by Crippen LogP contribution is -2.52. The maximum Gasteiger partial charge on any atom is 0.407 e. The van der Waals surface area contributed by atoms with E-state index >= 15 is 0 Å². The van der Waals surface area contributed by atoms with Crippen LogP contribution in [0.1, 0.15) is 56.2 Å². The van der Waals surface area contributed by atoms with E-state index in [2.05, 4.69) is 15.6 Å². The number of fused-ring (bicyclic) bond motifs is 1. The number of hydrogen-bond donors (Lipinski definition) is 2. The minimum atomic E-state index is -0.650. The molecule has 27 heavy (non-hydrogen) atoms. The van der Waals surface area contributed by atoms with Gasteiger partial charge in [0.1, 0.15) is 5.60 Å². The molecule has 0 aliphatic rings. The summed E-state index contributed by atoms with van der Waals surface area (Å²) in [5.74, 6) is -0.224. The molecule has 0 atom stereocenters. The minimum Gasteiger partial charge on any atom is -0.444 e. The maximum absolute atomic E-state index is 12.8. The number of carbonyl (C=O) groups excluding carboxylic acids is 2. The number of benzene rings is 1. The molecule has 0 saturated carbocycles. The molecular formula is C21H29N3O3. The highest BCUT2D eigenvalue weighted by atomic mass is 16.6. The molecule has 0 radical (unpaired) electrons. The molecule has 2 N–H and O–H groups in total.